The van der Waals surface area contributed by atoms with E-state index in [1.807, 2.05) is 25.1 Å². The Morgan fingerprint density at radius 3 is 2.52 bits per heavy atom. The summed E-state index contributed by atoms with van der Waals surface area (Å²) in [6.07, 6.45) is 0.359. The van der Waals surface area contributed by atoms with Gasteiger partial charge < -0.3 is 14.2 Å². The van der Waals surface area contributed by atoms with Gasteiger partial charge >= 0.3 is 5.97 Å². The van der Waals surface area contributed by atoms with Crippen molar-refractivity contribution in [3.63, 3.8) is 0 Å². The summed E-state index contributed by atoms with van der Waals surface area (Å²) in [5, 5.41) is 0. The van der Waals surface area contributed by atoms with E-state index in [0.717, 1.165) is 5.56 Å². The summed E-state index contributed by atoms with van der Waals surface area (Å²) in [4.78, 5) is 25.8. The fraction of sp³-hybridized carbons (Fsp3) is 0.529. The van der Waals surface area contributed by atoms with E-state index in [2.05, 4.69) is 4.90 Å². The molecule has 1 saturated heterocycles. The zero-order chi connectivity index (χ0) is 17.0. The first-order valence-electron chi connectivity index (χ1n) is 7.58. The minimum atomic E-state index is -0.698. The summed E-state index contributed by atoms with van der Waals surface area (Å²) in [6, 6.07) is 5.80. The van der Waals surface area contributed by atoms with Gasteiger partial charge in [0.2, 0.25) is 0 Å². The minimum Gasteiger partial charge on any atom is -0.493 e. The molecule has 1 fully saturated rings. The molecule has 0 saturated carbocycles. The highest BCUT2D eigenvalue weighted by atomic mass is 16.5. The molecule has 1 heterocycles. The van der Waals surface area contributed by atoms with Crippen LogP contribution in [0.5, 0.6) is 11.5 Å². The van der Waals surface area contributed by atoms with Crippen LogP contribution in [-0.4, -0.2) is 51.1 Å². The lowest BCUT2D eigenvalue weighted by molar-refractivity contribution is -0.152. The molecule has 0 spiro atoms. The van der Waals surface area contributed by atoms with Crippen molar-refractivity contribution in [2.24, 2.45) is 5.92 Å². The second kappa shape index (κ2) is 7.46. The quantitative estimate of drug-likeness (QED) is 0.609. The number of piperidine rings is 1. The van der Waals surface area contributed by atoms with E-state index in [0.29, 0.717) is 31.0 Å². The van der Waals surface area contributed by atoms with Gasteiger partial charge in [-0.05, 0) is 24.6 Å². The first-order valence-corrected chi connectivity index (χ1v) is 7.58. The summed E-state index contributed by atoms with van der Waals surface area (Å²) in [5.74, 6) is 0.127. The summed E-state index contributed by atoms with van der Waals surface area (Å²) in [5.41, 5.74) is 1.04. The van der Waals surface area contributed by atoms with Gasteiger partial charge in [-0.2, -0.15) is 0 Å². The Bertz CT molecular complexity index is 578. The Labute approximate surface area is 136 Å². The highest BCUT2D eigenvalue weighted by molar-refractivity contribution is 5.99. The van der Waals surface area contributed by atoms with E-state index >= 15 is 0 Å². The Hall–Kier alpha value is -2.08. The van der Waals surface area contributed by atoms with Gasteiger partial charge in [-0.3, -0.25) is 14.5 Å². The molecule has 23 heavy (non-hydrogen) atoms. The number of Topliss-reactive ketones (excluding diaryl/α,β-unsaturated/α-hetero) is 1. The Kier molecular flexibility index (Phi) is 5.60. The molecule has 0 amide bonds. The molecule has 2 rings (SSSR count). The second-order valence-corrected chi connectivity index (χ2v) is 5.58. The van der Waals surface area contributed by atoms with Crippen molar-refractivity contribution in [2.45, 2.75) is 19.4 Å². The fourth-order valence-electron chi connectivity index (χ4n) is 2.88. The number of methoxy groups -OCH3 is 3. The third kappa shape index (κ3) is 3.64. The number of carbonyl (C=O) groups excluding carboxylic acids is 2. The minimum absolute atomic E-state index is 0.0485. The number of rotatable bonds is 5. The SMILES string of the molecule is COC(=O)C1CN(C(C)c2ccc(OC)c(OC)c2)CCC1=O. The van der Waals surface area contributed by atoms with Crippen LogP contribution in [0.2, 0.25) is 0 Å². The Balaban J connectivity index is 2.18. The number of ether oxygens (including phenoxy) is 3. The van der Waals surface area contributed by atoms with Crippen LogP contribution in [-0.2, 0) is 14.3 Å². The van der Waals surface area contributed by atoms with Crippen LogP contribution in [0.25, 0.3) is 0 Å². The van der Waals surface area contributed by atoms with E-state index < -0.39 is 11.9 Å². The van der Waals surface area contributed by atoms with Crippen molar-refractivity contribution in [1.29, 1.82) is 0 Å². The summed E-state index contributed by atoms with van der Waals surface area (Å²) < 4.78 is 15.3. The van der Waals surface area contributed by atoms with Gasteiger partial charge in [0.15, 0.2) is 11.5 Å². The molecule has 1 aromatic carbocycles. The average Bonchev–Trinajstić information content (AvgIpc) is 2.60. The number of hydrogen-bond acceptors (Lipinski definition) is 6. The molecular weight excluding hydrogens is 298 g/mol. The fourth-order valence-corrected chi connectivity index (χ4v) is 2.88. The molecule has 2 atom stereocenters. The molecule has 1 aliphatic heterocycles. The maximum absolute atomic E-state index is 11.9. The lowest BCUT2D eigenvalue weighted by atomic mass is 9.94. The topological polar surface area (TPSA) is 65.1 Å². The number of likely N-dealkylation sites (tertiary alicyclic amines) is 1. The third-order valence-corrected chi connectivity index (χ3v) is 4.37. The largest absolute Gasteiger partial charge is 0.493 e. The van der Waals surface area contributed by atoms with Gasteiger partial charge in [0, 0.05) is 25.6 Å². The van der Waals surface area contributed by atoms with Gasteiger partial charge in [-0.1, -0.05) is 6.07 Å². The zero-order valence-electron chi connectivity index (χ0n) is 14.0. The lowest BCUT2D eigenvalue weighted by Gasteiger charge is -2.35. The van der Waals surface area contributed by atoms with E-state index in [1.54, 1.807) is 14.2 Å². The van der Waals surface area contributed by atoms with Crippen LogP contribution < -0.4 is 9.47 Å². The van der Waals surface area contributed by atoms with Crippen molar-refractivity contribution in [3.8, 4) is 11.5 Å². The maximum Gasteiger partial charge on any atom is 0.317 e. The van der Waals surface area contributed by atoms with Gasteiger partial charge in [-0.15, -0.1) is 0 Å². The van der Waals surface area contributed by atoms with Gasteiger partial charge in [0.25, 0.3) is 0 Å². The normalized spacial score (nSPS) is 20.0. The number of carbonyl (C=O) groups is 2. The van der Waals surface area contributed by atoms with Gasteiger partial charge in [-0.25, -0.2) is 0 Å². The predicted molar refractivity (Wildman–Crippen MR) is 84.7 cm³/mol. The first kappa shape index (κ1) is 17.3. The predicted octanol–water partition coefficient (Wildman–Crippen LogP) is 1.83. The number of nitrogens with zero attached hydrogens (tertiary/aromatic N) is 1. The molecule has 0 bridgehead atoms. The number of esters is 1. The first-order chi connectivity index (χ1) is 11.0. The molecular formula is C17H23NO5. The van der Waals surface area contributed by atoms with Crippen molar-refractivity contribution >= 4 is 11.8 Å². The summed E-state index contributed by atoms with van der Waals surface area (Å²) >= 11 is 0. The van der Waals surface area contributed by atoms with E-state index in [4.69, 9.17) is 14.2 Å². The third-order valence-electron chi connectivity index (χ3n) is 4.37. The molecule has 1 aliphatic rings. The molecule has 0 aliphatic carbocycles. The highest BCUT2D eigenvalue weighted by Gasteiger charge is 2.35. The molecule has 6 heteroatoms. The van der Waals surface area contributed by atoms with Crippen LogP contribution in [0.1, 0.15) is 24.9 Å². The molecule has 0 aromatic heterocycles. The van der Waals surface area contributed by atoms with Crippen LogP contribution in [0.15, 0.2) is 18.2 Å². The average molecular weight is 321 g/mol. The van der Waals surface area contributed by atoms with Crippen LogP contribution in [0, 0.1) is 5.92 Å². The standard InChI is InChI=1S/C17H23NO5/c1-11(12-5-6-15(21-2)16(9-12)22-3)18-8-7-14(19)13(10-18)17(20)23-4/h5-6,9,11,13H,7-8,10H2,1-4H3. The highest BCUT2D eigenvalue weighted by Crippen LogP contribution is 2.33. The van der Waals surface area contributed by atoms with Crippen molar-refractivity contribution in [1.82, 2.24) is 4.90 Å². The molecule has 2 unspecified atom stereocenters. The second-order valence-electron chi connectivity index (χ2n) is 5.58. The molecule has 6 nitrogen and oxygen atoms in total. The summed E-state index contributed by atoms with van der Waals surface area (Å²) in [7, 11) is 4.50. The molecule has 0 radical (unpaired) electrons. The smallest absolute Gasteiger partial charge is 0.317 e. The van der Waals surface area contributed by atoms with E-state index in [9.17, 15) is 9.59 Å². The molecule has 0 N–H and O–H groups in total. The monoisotopic (exact) mass is 321 g/mol. The van der Waals surface area contributed by atoms with Crippen molar-refractivity contribution in [2.75, 3.05) is 34.4 Å². The molecule has 126 valence electrons. The van der Waals surface area contributed by atoms with Crippen molar-refractivity contribution in [3.05, 3.63) is 23.8 Å². The van der Waals surface area contributed by atoms with E-state index in [1.165, 1.54) is 7.11 Å². The number of benzene rings is 1. The number of hydrogen-bond donors (Lipinski definition) is 0. The number of ketones is 1. The Morgan fingerprint density at radius 1 is 1.22 bits per heavy atom. The van der Waals surface area contributed by atoms with Gasteiger partial charge in [0.1, 0.15) is 11.7 Å². The van der Waals surface area contributed by atoms with Crippen LogP contribution in [0.3, 0.4) is 0 Å². The van der Waals surface area contributed by atoms with E-state index in [-0.39, 0.29) is 11.8 Å². The van der Waals surface area contributed by atoms with Crippen LogP contribution >= 0.6 is 0 Å². The Morgan fingerprint density at radius 2 is 1.91 bits per heavy atom. The maximum atomic E-state index is 11.9. The summed E-state index contributed by atoms with van der Waals surface area (Å²) in [6.45, 7) is 3.05. The zero-order valence-corrected chi connectivity index (χ0v) is 14.0. The lowest BCUT2D eigenvalue weighted by Crippen LogP contribution is -2.45. The van der Waals surface area contributed by atoms with Gasteiger partial charge in [0.05, 0.1) is 21.3 Å². The molecule has 1 aromatic rings. The van der Waals surface area contributed by atoms with Crippen LogP contribution in [0.4, 0.5) is 0 Å². The van der Waals surface area contributed by atoms with Crippen molar-refractivity contribution < 1.29 is 23.8 Å².